The number of pyridine rings is 1. The van der Waals surface area contributed by atoms with Gasteiger partial charge in [-0.05, 0) is 18.2 Å². The number of fused-ring (bicyclic) bond motifs is 1. The number of halogens is 4. The van der Waals surface area contributed by atoms with Crippen molar-refractivity contribution < 1.29 is 18.3 Å². The summed E-state index contributed by atoms with van der Waals surface area (Å²) in [5.74, 6) is -0.337. The fraction of sp³-hybridized carbons (Fsp3) is 0.118. The largest absolute Gasteiger partial charge is 0.510 e. The molecule has 0 spiro atoms. The number of nitrogens with zero attached hydrogens (tertiary/aromatic N) is 3. The Bertz CT molecular complexity index is 1040. The molecular weight excluding hydrogens is 419 g/mol. The van der Waals surface area contributed by atoms with E-state index in [1.165, 1.54) is 11.3 Å². The lowest BCUT2D eigenvalue weighted by Gasteiger charge is -2.09. The number of thiazole rings is 1. The first-order chi connectivity index (χ1) is 12.8. The monoisotopic (exact) mass is 427 g/mol. The van der Waals surface area contributed by atoms with Gasteiger partial charge in [0.2, 0.25) is 0 Å². The van der Waals surface area contributed by atoms with Gasteiger partial charge in [0, 0.05) is 6.20 Å². The summed E-state index contributed by atoms with van der Waals surface area (Å²) in [7, 11) is 0. The van der Waals surface area contributed by atoms with Crippen molar-refractivity contribution in [2.75, 3.05) is 5.75 Å². The summed E-state index contributed by atoms with van der Waals surface area (Å²) >= 11 is 8.03. The van der Waals surface area contributed by atoms with Gasteiger partial charge in [-0.25, -0.2) is 9.97 Å². The molecule has 0 aliphatic rings. The maximum atomic E-state index is 12.6. The summed E-state index contributed by atoms with van der Waals surface area (Å²) in [4.78, 5) is 8.01. The van der Waals surface area contributed by atoms with Gasteiger partial charge in [0.15, 0.2) is 0 Å². The first kappa shape index (κ1) is 19.5. The molecule has 0 radical (unpaired) electrons. The molecular formula is C17H9ClF3N3OS2. The molecule has 0 bridgehead atoms. The molecule has 0 fully saturated rings. The molecule has 3 rings (SSSR count). The zero-order valence-corrected chi connectivity index (χ0v) is 15.7. The van der Waals surface area contributed by atoms with Crippen LogP contribution >= 0.6 is 34.7 Å². The summed E-state index contributed by atoms with van der Waals surface area (Å²) < 4.78 is 38.8. The van der Waals surface area contributed by atoms with Crippen LogP contribution in [0, 0.1) is 11.3 Å². The lowest BCUT2D eigenvalue weighted by Crippen LogP contribution is -2.05. The third kappa shape index (κ3) is 4.35. The third-order valence-electron chi connectivity index (χ3n) is 3.39. The Kier molecular flexibility index (Phi) is 5.60. The average molecular weight is 428 g/mol. The van der Waals surface area contributed by atoms with Crippen LogP contribution < -0.4 is 0 Å². The van der Waals surface area contributed by atoms with E-state index in [2.05, 4.69) is 9.97 Å². The molecule has 0 saturated carbocycles. The van der Waals surface area contributed by atoms with E-state index in [1.54, 1.807) is 6.07 Å². The standard InChI is InChI=1S/C17H9ClF3N3OS2/c18-11-5-9(17(19,20)21)7-23-16(11)26-8-13(25)10(6-22)15-24-12-3-1-2-4-14(12)27-15/h1-5,7,25H,8H2/b13-10+. The van der Waals surface area contributed by atoms with E-state index in [-0.39, 0.29) is 27.1 Å². The molecule has 3 aromatic rings. The Hall–Kier alpha value is -2.28. The topological polar surface area (TPSA) is 69.8 Å². The Labute approximate surface area is 164 Å². The molecule has 2 aromatic heterocycles. The second-order valence-electron chi connectivity index (χ2n) is 5.22. The second-order valence-corrected chi connectivity index (χ2v) is 7.62. The van der Waals surface area contributed by atoms with Crippen LogP contribution in [0.15, 0.2) is 47.3 Å². The Morgan fingerprint density at radius 3 is 2.70 bits per heavy atom. The molecule has 0 aliphatic carbocycles. The zero-order chi connectivity index (χ0) is 19.6. The van der Waals surface area contributed by atoms with Crippen molar-refractivity contribution in [3.63, 3.8) is 0 Å². The van der Waals surface area contributed by atoms with Crippen molar-refractivity contribution in [2.24, 2.45) is 0 Å². The summed E-state index contributed by atoms with van der Waals surface area (Å²) in [6.07, 6.45) is -3.86. The summed E-state index contributed by atoms with van der Waals surface area (Å²) in [5.41, 5.74) is -0.242. The zero-order valence-electron chi connectivity index (χ0n) is 13.3. The van der Waals surface area contributed by atoms with E-state index >= 15 is 0 Å². The molecule has 1 N–H and O–H groups in total. The highest BCUT2D eigenvalue weighted by atomic mass is 35.5. The molecule has 0 unspecified atom stereocenters. The minimum atomic E-state index is -4.54. The Morgan fingerprint density at radius 2 is 2.07 bits per heavy atom. The number of nitriles is 1. The number of hydrogen-bond acceptors (Lipinski definition) is 6. The number of aliphatic hydroxyl groups is 1. The maximum absolute atomic E-state index is 12.6. The van der Waals surface area contributed by atoms with Gasteiger partial charge in [0.1, 0.15) is 27.4 Å². The van der Waals surface area contributed by atoms with Crippen molar-refractivity contribution in [3.8, 4) is 6.07 Å². The fourth-order valence-electron chi connectivity index (χ4n) is 2.11. The number of para-hydroxylation sites is 1. The molecule has 1 aromatic carbocycles. The van der Waals surface area contributed by atoms with Crippen LogP contribution in [0.25, 0.3) is 15.8 Å². The number of alkyl halides is 3. The van der Waals surface area contributed by atoms with Crippen LogP contribution in [-0.2, 0) is 6.18 Å². The van der Waals surface area contributed by atoms with Gasteiger partial charge in [-0.2, -0.15) is 18.4 Å². The molecule has 10 heteroatoms. The molecule has 0 aliphatic heterocycles. The van der Waals surface area contributed by atoms with E-state index in [0.29, 0.717) is 16.7 Å². The number of benzene rings is 1. The lowest BCUT2D eigenvalue weighted by atomic mass is 10.2. The van der Waals surface area contributed by atoms with Crippen molar-refractivity contribution in [2.45, 2.75) is 11.2 Å². The predicted octanol–water partition coefficient (Wildman–Crippen LogP) is 5.95. The summed E-state index contributed by atoms with van der Waals surface area (Å²) in [5, 5.41) is 20.0. The number of allylic oxidation sites excluding steroid dienone is 1. The molecule has 138 valence electrons. The van der Waals surface area contributed by atoms with Crippen molar-refractivity contribution in [1.82, 2.24) is 9.97 Å². The number of hydrogen-bond donors (Lipinski definition) is 1. The van der Waals surface area contributed by atoms with Gasteiger partial charge in [0.05, 0.1) is 26.6 Å². The molecule has 27 heavy (non-hydrogen) atoms. The molecule has 0 atom stereocenters. The highest BCUT2D eigenvalue weighted by Gasteiger charge is 2.31. The Balaban J connectivity index is 1.82. The first-order valence-electron chi connectivity index (χ1n) is 7.33. The van der Waals surface area contributed by atoms with E-state index in [1.807, 2.05) is 24.3 Å². The van der Waals surface area contributed by atoms with Crippen LogP contribution in [0.1, 0.15) is 10.6 Å². The van der Waals surface area contributed by atoms with Gasteiger partial charge in [-0.1, -0.05) is 35.5 Å². The second kappa shape index (κ2) is 7.76. The van der Waals surface area contributed by atoms with Crippen LogP contribution in [-0.4, -0.2) is 20.8 Å². The van der Waals surface area contributed by atoms with Gasteiger partial charge < -0.3 is 5.11 Å². The average Bonchev–Trinajstić information content (AvgIpc) is 3.04. The van der Waals surface area contributed by atoms with Crippen LogP contribution in [0.2, 0.25) is 5.02 Å². The maximum Gasteiger partial charge on any atom is 0.417 e. The van der Waals surface area contributed by atoms with Gasteiger partial charge in [-0.15, -0.1) is 11.3 Å². The van der Waals surface area contributed by atoms with Gasteiger partial charge in [-0.3, -0.25) is 0 Å². The van der Waals surface area contributed by atoms with E-state index < -0.39 is 11.7 Å². The Morgan fingerprint density at radius 1 is 1.33 bits per heavy atom. The lowest BCUT2D eigenvalue weighted by molar-refractivity contribution is -0.137. The third-order valence-corrected chi connectivity index (χ3v) is 5.86. The molecule has 2 heterocycles. The summed E-state index contributed by atoms with van der Waals surface area (Å²) in [6.45, 7) is 0. The van der Waals surface area contributed by atoms with Crippen LogP contribution in [0.4, 0.5) is 13.2 Å². The summed E-state index contributed by atoms with van der Waals surface area (Å²) in [6, 6.07) is 10.00. The quantitative estimate of drug-likeness (QED) is 0.316. The normalized spacial score (nSPS) is 12.7. The number of rotatable bonds is 4. The van der Waals surface area contributed by atoms with E-state index in [0.717, 1.165) is 22.5 Å². The van der Waals surface area contributed by atoms with E-state index in [9.17, 15) is 23.5 Å². The number of thioether (sulfide) groups is 1. The highest BCUT2D eigenvalue weighted by molar-refractivity contribution is 7.99. The van der Waals surface area contributed by atoms with Crippen molar-refractivity contribution >= 4 is 50.5 Å². The SMILES string of the molecule is N#C/C(=C(\O)CSc1ncc(C(F)(F)F)cc1Cl)c1nc2ccccc2s1. The smallest absolute Gasteiger partial charge is 0.417 e. The fourth-order valence-corrected chi connectivity index (χ4v) is 4.16. The van der Waals surface area contributed by atoms with E-state index in [4.69, 9.17) is 11.6 Å². The predicted molar refractivity (Wildman–Crippen MR) is 99.8 cm³/mol. The van der Waals surface area contributed by atoms with Crippen molar-refractivity contribution in [3.05, 3.63) is 57.9 Å². The van der Waals surface area contributed by atoms with Crippen molar-refractivity contribution in [1.29, 1.82) is 5.26 Å². The van der Waals surface area contributed by atoms with Gasteiger partial charge >= 0.3 is 6.18 Å². The highest BCUT2D eigenvalue weighted by Crippen LogP contribution is 2.35. The van der Waals surface area contributed by atoms with Gasteiger partial charge in [0.25, 0.3) is 0 Å². The minimum absolute atomic E-state index is 0.00624. The van der Waals surface area contributed by atoms with Crippen LogP contribution in [0.5, 0.6) is 0 Å². The molecule has 4 nitrogen and oxygen atoms in total. The first-order valence-corrected chi connectivity index (χ1v) is 9.51. The number of aromatic nitrogens is 2. The molecule has 0 amide bonds. The minimum Gasteiger partial charge on any atom is -0.510 e. The van der Waals surface area contributed by atoms with Crippen LogP contribution in [0.3, 0.4) is 0 Å². The molecule has 0 saturated heterocycles. The number of aliphatic hydroxyl groups excluding tert-OH is 1.